The first kappa shape index (κ1) is 21.6. The van der Waals surface area contributed by atoms with Crippen LogP contribution in [0.25, 0.3) is 5.69 Å². The largest absolute Gasteiger partial charge is 0.586 e. The third-order valence-corrected chi connectivity index (χ3v) is 6.24. The highest BCUT2D eigenvalue weighted by Crippen LogP contribution is 2.41. The van der Waals surface area contributed by atoms with Crippen molar-refractivity contribution in [3.63, 3.8) is 0 Å². The van der Waals surface area contributed by atoms with E-state index in [1.165, 1.54) is 23.5 Å². The Morgan fingerprint density at radius 3 is 2.61 bits per heavy atom. The van der Waals surface area contributed by atoms with E-state index in [1.807, 2.05) is 30.3 Å². The summed E-state index contributed by atoms with van der Waals surface area (Å²) in [5.41, 5.74) is 1.57. The van der Waals surface area contributed by atoms with Crippen molar-refractivity contribution in [2.24, 2.45) is 4.99 Å². The molecule has 2 aliphatic rings. The zero-order chi connectivity index (χ0) is 22.8. The number of likely N-dealkylation sites (tertiary alicyclic amines) is 1. The first-order valence-electron chi connectivity index (χ1n) is 10.5. The van der Waals surface area contributed by atoms with Gasteiger partial charge in [0.05, 0.1) is 23.8 Å². The van der Waals surface area contributed by atoms with Crippen molar-refractivity contribution in [3.8, 4) is 17.2 Å². The predicted molar refractivity (Wildman–Crippen MR) is 117 cm³/mol. The Balaban J connectivity index is 1.43. The van der Waals surface area contributed by atoms with Gasteiger partial charge >= 0.3 is 12.3 Å². The second kappa shape index (κ2) is 8.95. The molecule has 0 spiro atoms. The third-order valence-electron chi connectivity index (χ3n) is 5.29. The Labute approximate surface area is 192 Å². The number of nitrogens with zero attached hydrogens (tertiary/aromatic N) is 3. The van der Waals surface area contributed by atoms with Crippen LogP contribution in [0.3, 0.4) is 0 Å². The highest BCUT2D eigenvalue weighted by atomic mass is 32.1. The summed E-state index contributed by atoms with van der Waals surface area (Å²) in [6.07, 6.45) is 0.0123. The topological polar surface area (TPSA) is 65.3 Å². The number of rotatable bonds is 5. The van der Waals surface area contributed by atoms with Gasteiger partial charge in [-0.2, -0.15) is 4.99 Å². The lowest BCUT2D eigenvalue weighted by Crippen LogP contribution is -2.27. The minimum Gasteiger partial charge on any atom is -0.395 e. The van der Waals surface area contributed by atoms with Gasteiger partial charge in [-0.05, 0) is 30.5 Å². The van der Waals surface area contributed by atoms with Crippen LogP contribution < -0.4 is 14.3 Å². The summed E-state index contributed by atoms with van der Waals surface area (Å²) in [6, 6.07) is 13.9. The van der Waals surface area contributed by atoms with Crippen LogP contribution in [-0.2, 0) is 18.0 Å². The summed E-state index contributed by atoms with van der Waals surface area (Å²) >= 11 is 1.31. The van der Waals surface area contributed by atoms with Crippen molar-refractivity contribution in [1.82, 2.24) is 9.47 Å². The summed E-state index contributed by atoms with van der Waals surface area (Å²) in [4.78, 5) is 19.9. The molecule has 7 nitrogen and oxygen atoms in total. The van der Waals surface area contributed by atoms with Gasteiger partial charge in [0.25, 0.3) is 0 Å². The van der Waals surface area contributed by atoms with E-state index in [2.05, 4.69) is 14.5 Å². The molecule has 2 aliphatic heterocycles. The van der Waals surface area contributed by atoms with Crippen LogP contribution in [0, 0.1) is 0 Å². The van der Waals surface area contributed by atoms with E-state index in [0.717, 1.165) is 23.3 Å². The Kier molecular flexibility index (Phi) is 5.86. The van der Waals surface area contributed by atoms with Gasteiger partial charge in [0.1, 0.15) is 0 Å². The van der Waals surface area contributed by atoms with E-state index in [0.29, 0.717) is 36.8 Å². The monoisotopic (exact) mass is 473 g/mol. The molecular formula is C23H21F2N3O4S. The van der Waals surface area contributed by atoms with Gasteiger partial charge in [-0.25, -0.2) is 4.79 Å². The molecule has 3 heterocycles. The molecule has 1 saturated heterocycles. The van der Waals surface area contributed by atoms with E-state index in [4.69, 9.17) is 4.74 Å². The highest BCUT2D eigenvalue weighted by molar-refractivity contribution is 7.09. The fourth-order valence-corrected chi connectivity index (χ4v) is 4.63. The summed E-state index contributed by atoms with van der Waals surface area (Å²) in [5, 5.41) is 0. The van der Waals surface area contributed by atoms with E-state index < -0.39 is 6.29 Å². The number of hydrogen-bond donors (Lipinski definition) is 0. The number of benzene rings is 2. The molecule has 3 aromatic rings. The molecule has 2 amide bonds. The number of ether oxygens (including phenoxy) is 3. The minimum absolute atomic E-state index is 0.0439. The number of urea groups is 1. The molecule has 0 radical (unpaired) electrons. The molecule has 33 heavy (non-hydrogen) atoms. The number of fused-ring (bicyclic) bond motifs is 1. The number of hydrogen-bond acceptors (Lipinski definition) is 5. The van der Waals surface area contributed by atoms with Crippen LogP contribution in [0.5, 0.6) is 11.5 Å². The number of carbonyl (C=O) groups is 1. The summed E-state index contributed by atoms with van der Waals surface area (Å²) in [5.74, 6) is -0.118. The number of amides is 2. The van der Waals surface area contributed by atoms with Crippen molar-refractivity contribution in [2.45, 2.75) is 32.4 Å². The van der Waals surface area contributed by atoms with Gasteiger partial charge in [0, 0.05) is 25.4 Å². The molecule has 0 saturated carbocycles. The van der Waals surface area contributed by atoms with E-state index >= 15 is 0 Å². The Bertz CT molecular complexity index is 1220. The summed E-state index contributed by atoms with van der Waals surface area (Å²) in [6.45, 7) is 2.12. The van der Waals surface area contributed by atoms with Crippen LogP contribution in [0.4, 0.5) is 13.6 Å². The summed E-state index contributed by atoms with van der Waals surface area (Å²) < 4.78 is 43.5. The lowest BCUT2D eigenvalue weighted by atomic mass is 10.2. The Morgan fingerprint density at radius 2 is 1.82 bits per heavy atom. The van der Waals surface area contributed by atoms with Crippen molar-refractivity contribution in [3.05, 3.63) is 70.0 Å². The average molecular weight is 474 g/mol. The van der Waals surface area contributed by atoms with Gasteiger partial charge in [-0.1, -0.05) is 41.7 Å². The van der Waals surface area contributed by atoms with Crippen LogP contribution in [0.2, 0.25) is 0 Å². The SMILES string of the molecule is O=C(N=c1sc(COCc2ccccc2)cn1-c1ccc2c(c1)OC(F)(F)O2)N1CCCC1. The van der Waals surface area contributed by atoms with Crippen molar-refractivity contribution in [2.75, 3.05) is 13.1 Å². The molecule has 5 rings (SSSR count). The molecule has 0 unspecified atom stereocenters. The molecule has 2 aromatic carbocycles. The summed E-state index contributed by atoms with van der Waals surface area (Å²) in [7, 11) is 0. The van der Waals surface area contributed by atoms with Crippen LogP contribution in [0.15, 0.2) is 59.7 Å². The number of aromatic nitrogens is 1. The van der Waals surface area contributed by atoms with Crippen molar-refractivity contribution < 1.29 is 27.8 Å². The molecule has 172 valence electrons. The first-order chi connectivity index (χ1) is 16.0. The number of alkyl halides is 2. The van der Waals surface area contributed by atoms with Crippen molar-refractivity contribution >= 4 is 17.4 Å². The quantitative estimate of drug-likeness (QED) is 0.539. The molecule has 0 aliphatic carbocycles. The zero-order valence-electron chi connectivity index (χ0n) is 17.6. The molecule has 10 heteroatoms. The first-order valence-corrected chi connectivity index (χ1v) is 11.4. The maximum absolute atomic E-state index is 13.4. The second-order valence-electron chi connectivity index (χ2n) is 7.72. The molecule has 1 aromatic heterocycles. The Morgan fingerprint density at radius 1 is 1.06 bits per heavy atom. The van der Waals surface area contributed by atoms with Crippen LogP contribution in [-0.4, -0.2) is 34.9 Å². The maximum atomic E-state index is 13.4. The second-order valence-corrected chi connectivity index (χ2v) is 8.81. The lowest BCUT2D eigenvalue weighted by molar-refractivity contribution is -0.286. The highest BCUT2D eigenvalue weighted by Gasteiger charge is 2.43. The number of carbonyl (C=O) groups excluding carboxylic acids is 1. The number of halogens is 2. The van der Waals surface area contributed by atoms with E-state index in [1.54, 1.807) is 21.7 Å². The van der Waals surface area contributed by atoms with E-state index in [9.17, 15) is 13.6 Å². The number of thiazole rings is 1. The molecule has 0 N–H and O–H groups in total. The van der Waals surface area contributed by atoms with Gasteiger partial charge < -0.3 is 19.1 Å². The zero-order valence-corrected chi connectivity index (χ0v) is 18.4. The standard InChI is InChI=1S/C23H21F2N3O4S/c24-23(25)31-19-9-8-17(12-20(19)32-23)28-13-18(15-30-14-16-6-2-1-3-7-16)33-22(28)26-21(29)27-10-4-5-11-27/h1-3,6-9,12-13H,4-5,10-11,14-15H2. The lowest BCUT2D eigenvalue weighted by Gasteiger charge is -2.10. The van der Waals surface area contributed by atoms with Crippen molar-refractivity contribution in [1.29, 1.82) is 0 Å². The average Bonchev–Trinajstić information content (AvgIpc) is 3.52. The van der Waals surface area contributed by atoms with E-state index in [-0.39, 0.29) is 17.5 Å². The minimum atomic E-state index is -3.70. The Hall–Kier alpha value is -3.24. The molecule has 0 atom stereocenters. The third kappa shape index (κ3) is 4.91. The van der Waals surface area contributed by atoms with Crippen LogP contribution >= 0.6 is 11.3 Å². The molecular weight excluding hydrogens is 452 g/mol. The molecule has 0 bridgehead atoms. The normalized spacial score (nSPS) is 17.0. The van der Waals surface area contributed by atoms with Gasteiger partial charge in [0.2, 0.25) is 0 Å². The van der Waals surface area contributed by atoms with Gasteiger partial charge in [-0.15, -0.1) is 8.78 Å². The predicted octanol–water partition coefficient (Wildman–Crippen LogP) is 4.69. The van der Waals surface area contributed by atoms with Gasteiger partial charge in [0.15, 0.2) is 16.3 Å². The smallest absolute Gasteiger partial charge is 0.395 e. The fourth-order valence-electron chi connectivity index (χ4n) is 3.71. The van der Waals surface area contributed by atoms with Gasteiger partial charge in [-0.3, -0.25) is 4.57 Å². The van der Waals surface area contributed by atoms with Crippen LogP contribution in [0.1, 0.15) is 23.3 Å². The molecule has 1 fully saturated rings. The maximum Gasteiger partial charge on any atom is 0.586 e. The fraction of sp³-hybridized carbons (Fsp3) is 0.304.